The maximum atomic E-state index is 13.4. The van der Waals surface area contributed by atoms with Gasteiger partial charge < -0.3 is 4.74 Å². The van der Waals surface area contributed by atoms with E-state index < -0.39 is 24.2 Å². The molecular formula is C12H12F4O2. The van der Waals surface area contributed by atoms with E-state index in [1.165, 1.54) is 19.2 Å². The SMILES string of the molecule is COc1cccc(F)c1C(=O)CCCC(F)(F)F. The molecule has 2 nitrogen and oxygen atoms in total. The molecule has 1 rings (SSSR count). The van der Waals surface area contributed by atoms with E-state index in [4.69, 9.17) is 4.74 Å². The molecule has 18 heavy (non-hydrogen) atoms. The van der Waals surface area contributed by atoms with Gasteiger partial charge in [0, 0.05) is 12.8 Å². The van der Waals surface area contributed by atoms with Crippen LogP contribution in [0.3, 0.4) is 0 Å². The van der Waals surface area contributed by atoms with Crippen LogP contribution >= 0.6 is 0 Å². The zero-order chi connectivity index (χ0) is 13.8. The molecule has 0 aliphatic rings. The van der Waals surface area contributed by atoms with Gasteiger partial charge in [0.15, 0.2) is 5.78 Å². The Balaban J connectivity index is 2.73. The average molecular weight is 264 g/mol. The number of rotatable bonds is 5. The van der Waals surface area contributed by atoms with Crippen LogP contribution in [-0.2, 0) is 0 Å². The lowest BCUT2D eigenvalue weighted by atomic mass is 10.0. The highest BCUT2D eigenvalue weighted by Gasteiger charge is 2.27. The van der Waals surface area contributed by atoms with Gasteiger partial charge in [0.1, 0.15) is 11.6 Å². The van der Waals surface area contributed by atoms with E-state index in [0.29, 0.717) is 0 Å². The van der Waals surface area contributed by atoms with Crippen LogP contribution in [0.2, 0.25) is 0 Å². The number of methoxy groups -OCH3 is 1. The van der Waals surface area contributed by atoms with Crippen LogP contribution in [0.25, 0.3) is 0 Å². The standard InChI is InChI=1S/C12H12F4O2/c1-18-10-6-2-4-8(13)11(10)9(17)5-3-7-12(14,15)16/h2,4,6H,3,5,7H2,1H3. The fraction of sp³-hybridized carbons (Fsp3) is 0.417. The molecule has 6 heteroatoms. The van der Waals surface area contributed by atoms with Gasteiger partial charge in [-0.25, -0.2) is 4.39 Å². The van der Waals surface area contributed by atoms with E-state index in [9.17, 15) is 22.4 Å². The van der Waals surface area contributed by atoms with Gasteiger partial charge in [0.25, 0.3) is 0 Å². The van der Waals surface area contributed by atoms with Gasteiger partial charge in [-0.1, -0.05) is 6.07 Å². The molecule has 0 spiro atoms. The third kappa shape index (κ3) is 4.01. The number of halogens is 4. The summed E-state index contributed by atoms with van der Waals surface area (Å²) in [4.78, 5) is 11.6. The Kier molecular flexibility index (Phi) is 4.69. The first-order valence-electron chi connectivity index (χ1n) is 5.27. The van der Waals surface area contributed by atoms with Crippen molar-refractivity contribution in [2.24, 2.45) is 0 Å². The van der Waals surface area contributed by atoms with Crippen molar-refractivity contribution in [1.29, 1.82) is 0 Å². The first-order valence-corrected chi connectivity index (χ1v) is 5.27. The van der Waals surface area contributed by atoms with Crippen LogP contribution in [0.4, 0.5) is 17.6 Å². The molecule has 0 aliphatic heterocycles. The Morgan fingerprint density at radius 2 is 2.00 bits per heavy atom. The number of carbonyl (C=O) groups is 1. The van der Waals surface area contributed by atoms with E-state index in [2.05, 4.69) is 0 Å². The van der Waals surface area contributed by atoms with Crippen LogP contribution in [0.5, 0.6) is 5.75 Å². The minimum absolute atomic E-state index is 0.0343. The lowest BCUT2D eigenvalue weighted by molar-refractivity contribution is -0.135. The minimum atomic E-state index is -4.31. The van der Waals surface area contributed by atoms with Crippen LogP contribution < -0.4 is 4.74 Å². The Labute approximate surface area is 102 Å². The summed E-state index contributed by atoms with van der Waals surface area (Å²) in [5, 5.41) is 0. The lowest BCUT2D eigenvalue weighted by Crippen LogP contribution is -2.10. The summed E-state index contributed by atoms with van der Waals surface area (Å²) in [5.41, 5.74) is -0.290. The van der Waals surface area contributed by atoms with Gasteiger partial charge in [-0.05, 0) is 18.6 Å². The van der Waals surface area contributed by atoms with Gasteiger partial charge in [0.2, 0.25) is 0 Å². The number of ether oxygens (including phenoxy) is 1. The lowest BCUT2D eigenvalue weighted by Gasteiger charge is -2.09. The largest absolute Gasteiger partial charge is 0.496 e. The molecule has 0 bridgehead atoms. The second kappa shape index (κ2) is 5.84. The number of Topliss-reactive ketones (excluding diaryl/α,β-unsaturated/α-hetero) is 1. The minimum Gasteiger partial charge on any atom is -0.496 e. The van der Waals surface area contributed by atoms with E-state index >= 15 is 0 Å². The molecule has 0 N–H and O–H groups in total. The van der Waals surface area contributed by atoms with E-state index in [1.54, 1.807) is 0 Å². The Hall–Kier alpha value is -1.59. The smallest absolute Gasteiger partial charge is 0.389 e. The van der Waals surface area contributed by atoms with E-state index in [0.717, 1.165) is 6.07 Å². The highest BCUT2D eigenvalue weighted by Crippen LogP contribution is 2.26. The number of ketones is 1. The molecule has 0 aromatic heterocycles. The van der Waals surface area contributed by atoms with Gasteiger partial charge in [-0.3, -0.25) is 4.79 Å². The number of benzene rings is 1. The van der Waals surface area contributed by atoms with Crippen LogP contribution in [0.15, 0.2) is 18.2 Å². The number of alkyl halides is 3. The number of hydrogen-bond acceptors (Lipinski definition) is 2. The van der Waals surface area contributed by atoms with Gasteiger partial charge in [-0.15, -0.1) is 0 Å². The summed E-state index contributed by atoms with van der Waals surface area (Å²) in [6, 6.07) is 3.82. The molecule has 0 saturated carbocycles. The number of hydrogen-bond donors (Lipinski definition) is 0. The second-order valence-electron chi connectivity index (χ2n) is 3.71. The molecule has 0 radical (unpaired) electrons. The quantitative estimate of drug-likeness (QED) is 0.598. The van der Waals surface area contributed by atoms with Crippen molar-refractivity contribution < 1.29 is 27.1 Å². The Morgan fingerprint density at radius 1 is 1.33 bits per heavy atom. The zero-order valence-electron chi connectivity index (χ0n) is 9.68. The predicted octanol–water partition coefficient (Wildman–Crippen LogP) is 3.75. The average Bonchev–Trinajstić information content (AvgIpc) is 2.26. The van der Waals surface area contributed by atoms with Crippen molar-refractivity contribution in [3.63, 3.8) is 0 Å². The predicted molar refractivity (Wildman–Crippen MR) is 57.2 cm³/mol. The molecule has 0 unspecified atom stereocenters. The Morgan fingerprint density at radius 3 is 2.56 bits per heavy atom. The molecule has 0 saturated heterocycles. The summed E-state index contributed by atoms with van der Waals surface area (Å²) in [6.45, 7) is 0. The maximum absolute atomic E-state index is 13.4. The molecule has 0 aliphatic carbocycles. The topological polar surface area (TPSA) is 26.3 Å². The normalized spacial score (nSPS) is 11.4. The Bertz CT molecular complexity index is 427. The molecule has 0 atom stereocenters. The van der Waals surface area contributed by atoms with Gasteiger partial charge >= 0.3 is 6.18 Å². The molecule has 1 aromatic carbocycles. The summed E-state index contributed by atoms with van der Waals surface area (Å²) in [5.74, 6) is -1.44. The number of carbonyl (C=O) groups excluding carboxylic acids is 1. The highest BCUT2D eigenvalue weighted by molar-refractivity contribution is 5.98. The van der Waals surface area contributed by atoms with Crippen molar-refractivity contribution in [3.05, 3.63) is 29.6 Å². The van der Waals surface area contributed by atoms with Crippen LogP contribution in [0.1, 0.15) is 29.6 Å². The summed E-state index contributed by atoms with van der Waals surface area (Å²) in [7, 11) is 1.27. The molecule has 100 valence electrons. The van der Waals surface area contributed by atoms with E-state index in [-0.39, 0.29) is 24.2 Å². The molecule has 1 aromatic rings. The summed E-state index contributed by atoms with van der Waals surface area (Å²) in [6.07, 6.45) is -6.09. The first-order chi connectivity index (χ1) is 8.35. The van der Waals surface area contributed by atoms with Gasteiger partial charge in [-0.2, -0.15) is 13.2 Å². The van der Waals surface area contributed by atoms with Crippen molar-refractivity contribution in [2.45, 2.75) is 25.4 Å². The van der Waals surface area contributed by atoms with Gasteiger partial charge in [0.05, 0.1) is 12.7 Å². The second-order valence-corrected chi connectivity index (χ2v) is 3.71. The molecule has 0 fully saturated rings. The van der Waals surface area contributed by atoms with Crippen molar-refractivity contribution in [3.8, 4) is 5.75 Å². The zero-order valence-corrected chi connectivity index (χ0v) is 9.68. The van der Waals surface area contributed by atoms with Crippen molar-refractivity contribution >= 4 is 5.78 Å². The first kappa shape index (κ1) is 14.5. The fourth-order valence-electron chi connectivity index (χ4n) is 1.52. The van der Waals surface area contributed by atoms with Crippen LogP contribution in [0, 0.1) is 5.82 Å². The maximum Gasteiger partial charge on any atom is 0.389 e. The third-order valence-electron chi connectivity index (χ3n) is 2.34. The molecular weight excluding hydrogens is 252 g/mol. The van der Waals surface area contributed by atoms with Crippen molar-refractivity contribution in [1.82, 2.24) is 0 Å². The fourth-order valence-corrected chi connectivity index (χ4v) is 1.52. The summed E-state index contributed by atoms with van der Waals surface area (Å²) < 4.78 is 54.0. The molecule has 0 amide bonds. The highest BCUT2D eigenvalue weighted by atomic mass is 19.4. The van der Waals surface area contributed by atoms with Crippen molar-refractivity contribution in [2.75, 3.05) is 7.11 Å². The van der Waals surface area contributed by atoms with Crippen LogP contribution in [-0.4, -0.2) is 19.1 Å². The summed E-state index contributed by atoms with van der Waals surface area (Å²) >= 11 is 0. The van der Waals surface area contributed by atoms with E-state index in [1.807, 2.05) is 0 Å². The third-order valence-corrected chi connectivity index (χ3v) is 2.34. The molecule has 0 heterocycles. The monoisotopic (exact) mass is 264 g/mol.